The van der Waals surface area contributed by atoms with Crippen LogP contribution in [0.3, 0.4) is 0 Å². The number of nitrogens with zero attached hydrogens (tertiary/aromatic N) is 2. The van der Waals surface area contributed by atoms with Crippen LogP contribution < -0.4 is 5.32 Å². The van der Waals surface area contributed by atoms with Crippen LogP contribution in [0, 0.1) is 11.3 Å². The highest BCUT2D eigenvalue weighted by molar-refractivity contribution is 7.14. The fourth-order valence-corrected chi connectivity index (χ4v) is 1.91. The van der Waals surface area contributed by atoms with Gasteiger partial charge in [0.15, 0.2) is 0 Å². The molecule has 0 radical (unpaired) electrons. The lowest BCUT2D eigenvalue weighted by Gasteiger charge is -2.02. The van der Waals surface area contributed by atoms with E-state index in [1.165, 1.54) is 11.3 Å². The molecule has 0 atom stereocenters. The molecule has 0 unspecified atom stereocenters. The molecule has 0 aromatic carbocycles. The number of pyridine rings is 1. The topological polar surface area (TPSA) is 65.8 Å². The summed E-state index contributed by atoms with van der Waals surface area (Å²) >= 11 is 1.33. The summed E-state index contributed by atoms with van der Waals surface area (Å²) in [5.41, 5.74) is 1.000. The Morgan fingerprint density at radius 2 is 2.12 bits per heavy atom. The van der Waals surface area contributed by atoms with E-state index >= 15 is 0 Å². The van der Waals surface area contributed by atoms with Crippen molar-refractivity contribution in [2.24, 2.45) is 0 Å². The molecule has 2 aromatic rings. The van der Waals surface area contributed by atoms with Crippen molar-refractivity contribution in [3.05, 3.63) is 47.1 Å². The average Bonchev–Trinajstić information content (AvgIpc) is 2.77. The maximum absolute atomic E-state index is 11.7. The molecular weight excluding hydrogens is 222 g/mol. The molecule has 0 spiro atoms. The first-order chi connectivity index (χ1) is 7.81. The molecule has 1 N–H and O–H groups in total. The third-order valence-electron chi connectivity index (χ3n) is 1.96. The second kappa shape index (κ2) is 4.55. The Morgan fingerprint density at radius 1 is 1.38 bits per heavy atom. The second-order valence-electron chi connectivity index (χ2n) is 2.97. The molecule has 0 aliphatic rings. The van der Waals surface area contributed by atoms with Crippen molar-refractivity contribution < 1.29 is 4.79 Å². The molecule has 0 aliphatic heterocycles. The minimum absolute atomic E-state index is 0.235. The number of nitrogens with one attached hydrogen (secondary N) is 1. The predicted octanol–water partition coefficient (Wildman–Crippen LogP) is 2.27. The lowest BCUT2D eigenvalue weighted by atomic mass is 10.2. The number of aromatic nitrogens is 1. The molecule has 78 valence electrons. The molecule has 2 rings (SSSR count). The van der Waals surface area contributed by atoms with Crippen LogP contribution in [-0.2, 0) is 0 Å². The van der Waals surface area contributed by atoms with Crippen LogP contribution in [0.25, 0.3) is 0 Å². The van der Waals surface area contributed by atoms with Crippen LogP contribution in [0.5, 0.6) is 0 Å². The molecule has 0 fully saturated rings. The van der Waals surface area contributed by atoms with Crippen LogP contribution >= 0.6 is 11.3 Å². The van der Waals surface area contributed by atoms with E-state index in [9.17, 15) is 4.79 Å². The van der Waals surface area contributed by atoms with Gasteiger partial charge in [0.05, 0.1) is 5.56 Å². The Morgan fingerprint density at radius 3 is 2.81 bits per heavy atom. The smallest absolute Gasteiger partial charge is 0.256 e. The summed E-state index contributed by atoms with van der Waals surface area (Å²) < 4.78 is 0. The van der Waals surface area contributed by atoms with Gasteiger partial charge >= 0.3 is 0 Å². The number of hydrogen-bond donors (Lipinski definition) is 1. The molecule has 0 aliphatic carbocycles. The first kappa shape index (κ1) is 10.3. The molecule has 16 heavy (non-hydrogen) atoms. The van der Waals surface area contributed by atoms with Crippen molar-refractivity contribution in [3.63, 3.8) is 0 Å². The molecule has 0 saturated carbocycles. The van der Waals surface area contributed by atoms with Crippen molar-refractivity contribution >= 4 is 22.2 Å². The zero-order valence-electron chi connectivity index (χ0n) is 8.18. The molecule has 5 heteroatoms. The lowest BCUT2D eigenvalue weighted by Crippen LogP contribution is -2.11. The molecule has 0 bridgehead atoms. The lowest BCUT2D eigenvalue weighted by molar-refractivity contribution is 0.102. The normalized spacial score (nSPS) is 9.44. The maximum atomic E-state index is 11.7. The summed E-state index contributed by atoms with van der Waals surface area (Å²) in [5, 5.41) is 13.8. The minimum Gasteiger partial charge on any atom is -0.312 e. The Labute approximate surface area is 96.2 Å². The van der Waals surface area contributed by atoms with Gasteiger partial charge in [-0.1, -0.05) is 0 Å². The fourth-order valence-electron chi connectivity index (χ4n) is 1.17. The van der Waals surface area contributed by atoms with Crippen LogP contribution in [0.2, 0.25) is 0 Å². The first-order valence-electron chi connectivity index (χ1n) is 4.50. The van der Waals surface area contributed by atoms with Gasteiger partial charge in [-0.15, -0.1) is 11.3 Å². The number of amides is 1. The van der Waals surface area contributed by atoms with Gasteiger partial charge in [-0.05, 0) is 23.6 Å². The van der Waals surface area contributed by atoms with E-state index in [1.807, 2.05) is 6.07 Å². The zero-order chi connectivity index (χ0) is 11.4. The quantitative estimate of drug-likeness (QED) is 0.859. The van der Waals surface area contributed by atoms with E-state index in [0.717, 1.165) is 0 Å². The summed E-state index contributed by atoms with van der Waals surface area (Å²) in [6, 6.07) is 6.93. The summed E-state index contributed by atoms with van der Waals surface area (Å²) in [7, 11) is 0. The van der Waals surface area contributed by atoms with Gasteiger partial charge in [0.1, 0.15) is 11.1 Å². The number of anilines is 1. The highest BCUT2D eigenvalue weighted by atomic mass is 32.1. The van der Waals surface area contributed by atoms with E-state index < -0.39 is 0 Å². The van der Waals surface area contributed by atoms with E-state index in [-0.39, 0.29) is 5.91 Å². The van der Waals surface area contributed by atoms with E-state index in [4.69, 9.17) is 5.26 Å². The van der Waals surface area contributed by atoms with Gasteiger partial charge in [0, 0.05) is 18.0 Å². The monoisotopic (exact) mass is 229 g/mol. The van der Waals surface area contributed by atoms with Gasteiger partial charge in [-0.25, -0.2) is 0 Å². The minimum atomic E-state index is -0.235. The van der Waals surface area contributed by atoms with E-state index in [0.29, 0.717) is 16.1 Å². The number of hydrogen-bond acceptors (Lipinski definition) is 4. The second-order valence-corrected chi connectivity index (χ2v) is 3.88. The Bertz CT molecular complexity index is 542. The Hall–Kier alpha value is -2.19. The number of carbonyl (C=O) groups is 1. The van der Waals surface area contributed by atoms with Crippen molar-refractivity contribution in [1.82, 2.24) is 4.98 Å². The summed E-state index contributed by atoms with van der Waals surface area (Å²) in [6.07, 6.45) is 3.10. The summed E-state index contributed by atoms with van der Waals surface area (Å²) in [6.45, 7) is 0. The highest BCUT2D eigenvalue weighted by Crippen LogP contribution is 2.22. The maximum Gasteiger partial charge on any atom is 0.256 e. The number of carbonyl (C=O) groups excluding carboxylic acids is 1. The predicted molar refractivity (Wildman–Crippen MR) is 61.2 cm³/mol. The third-order valence-corrected chi connectivity index (χ3v) is 2.79. The van der Waals surface area contributed by atoms with Crippen LogP contribution in [0.1, 0.15) is 15.9 Å². The summed E-state index contributed by atoms with van der Waals surface area (Å²) in [5.74, 6) is -0.235. The van der Waals surface area contributed by atoms with Gasteiger partial charge in [0.25, 0.3) is 5.91 Å². The van der Waals surface area contributed by atoms with E-state index in [1.54, 1.807) is 36.0 Å². The third kappa shape index (κ3) is 2.07. The first-order valence-corrected chi connectivity index (χ1v) is 5.38. The van der Waals surface area contributed by atoms with Crippen molar-refractivity contribution in [2.75, 3.05) is 5.32 Å². The van der Waals surface area contributed by atoms with Crippen LogP contribution in [-0.4, -0.2) is 10.9 Å². The van der Waals surface area contributed by atoms with Crippen molar-refractivity contribution in [2.45, 2.75) is 0 Å². The van der Waals surface area contributed by atoms with Crippen molar-refractivity contribution in [3.8, 4) is 6.07 Å². The molecule has 4 nitrogen and oxygen atoms in total. The Balaban J connectivity index is 2.18. The number of thiophene rings is 1. The standard InChI is InChI=1S/C11H7N3OS/c12-7-9-3-6-16-11(9)14-10(15)8-1-4-13-5-2-8/h1-6H,(H,14,15). The molecule has 2 aromatic heterocycles. The number of rotatable bonds is 2. The van der Waals surface area contributed by atoms with Gasteiger partial charge in [-0.2, -0.15) is 5.26 Å². The Kier molecular flexibility index (Phi) is 2.94. The van der Waals surface area contributed by atoms with E-state index in [2.05, 4.69) is 10.3 Å². The molecule has 1 amide bonds. The summed E-state index contributed by atoms with van der Waals surface area (Å²) in [4.78, 5) is 15.6. The van der Waals surface area contributed by atoms with Gasteiger partial charge < -0.3 is 5.32 Å². The molecule has 0 saturated heterocycles. The van der Waals surface area contributed by atoms with Crippen LogP contribution in [0.15, 0.2) is 36.0 Å². The van der Waals surface area contributed by atoms with Crippen LogP contribution in [0.4, 0.5) is 5.00 Å². The van der Waals surface area contributed by atoms with Crippen molar-refractivity contribution in [1.29, 1.82) is 5.26 Å². The average molecular weight is 229 g/mol. The zero-order valence-corrected chi connectivity index (χ0v) is 8.99. The SMILES string of the molecule is N#Cc1ccsc1NC(=O)c1ccncc1. The molecule has 2 heterocycles. The largest absolute Gasteiger partial charge is 0.312 e. The molecular formula is C11H7N3OS. The van der Waals surface area contributed by atoms with Gasteiger partial charge in [0.2, 0.25) is 0 Å². The number of nitriles is 1. The highest BCUT2D eigenvalue weighted by Gasteiger charge is 2.09. The van der Waals surface area contributed by atoms with Gasteiger partial charge in [-0.3, -0.25) is 9.78 Å². The fraction of sp³-hybridized carbons (Fsp3) is 0.